The predicted octanol–water partition coefficient (Wildman–Crippen LogP) is 3.62. The summed E-state index contributed by atoms with van der Waals surface area (Å²) in [5, 5.41) is 19.8. The third kappa shape index (κ3) is 9.31. The molecule has 0 unspecified atom stereocenters. The molecular weight excluding hydrogens is 316 g/mol. The van der Waals surface area contributed by atoms with Gasteiger partial charge in [-0.15, -0.1) is 0 Å². The minimum atomic E-state index is -0.450. The Labute approximate surface area is 151 Å². The zero-order valence-corrected chi connectivity index (χ0v) is 15.8. The Morgan fingerprint density at radius 3 is 2.12 bits per heavy atom. The van der Waals surface area contributed by atoms with Gasteiger partial charge in [0.25, 0.3) is 0 Å². The molecule has 0 aliphatic heterocycles. The third-order valence-electron chi connectivity index (χ3n) is 4.60. The highest BCUT2D eigenvalue weighted by molar-refractivity contribution is 5.68. The van der Waals surface area contributed by atoms with Gasteiger partial charge in [-0.3, -0.25) is 0 Å². The lowest BCUT2D eigenvalue weighted by atomic mass is 10.1. The summed E-state index contributed by atoms with van der Waals surface area (Å²) < 4.78 is 5.18. The number of hydrogen-bond acceptors (Lipinski definition) is 5. The van der Waals surface area contributed by atoms with Crippen molar-refractivity contribution in [1.82, 2.24) is 5.32 Å². The number of rotatable bonds is 3. The molecule has 0 spiro atoms. The molecule has 0 aromatic carbocycles. The molecule has 2 rings (SSSR count). The number of nitriles is 2. The molecule has 0 saturated heterocycles. The Bertz CT molecular complexity index is 501. The lowest BCUT2D eigenvalue weighted by molar-refractivity contribution is 0.0504. The summed E-state index contributed by atoms with van der Waals surface area (Å²) in [6.07, 6.45) is 7.15. The Morgan fingerprint density at radius 2 is 1.64 bits per heavy atom. The number of carbonyl (C=O) groups excluding carboxylic acids is 1. The molecule has 2 fully saturated rings. The van der Waals surface area contributed by atoms with Crippen LogP contribution in [0, 0.1) is 34.5 Å². The molecular formula is C19H32N4O2. The minimum Gasteiger partial charge on any atom is -0.444 e. The molecule has 6 heteroatoms. The summed E-state index contributed by atoms with van der Waals surface area (Å²) in [4.78, 5) is 11.5. The normalized spacial score (nSPS) is 28.2. The van der Waals surface area contributed by atoms with Gasteiger partial charge in [-0.1, -0.05) is 0 Å². The number of alkyl carbamates (subject to hydrolysis) is 1. The van der Waals surface area contributed by atoms with Gasteiger partial charge in [-0.05, 0) is 71.1 Å². The number of nitrogens with one attached hydrogen (secondary N) is 1. The van der Waals surface area contributed by atoms with Crippen molar-refractivity contribution in [2.24, 2.45) is 17.6 Å². The molecule has 0 bridgehead atoms. The van der Waals surface area contributed by atoms with E-state index in [-0.39, 0.29) is 12.1 Å². The largest absolute Gasteiger partial charge is 0.444 e. The average molecular weight is 348 g/mol. The van der Waals surface area contributed by atoms with E-state index in [2.05, 4.69) is 17.5 Å². The van der Waals surface area contributed by atoms with Gasteiger partial charge in [-0.2, -0.15) is 10.5 Å². The minimum absolute atomic E-state index is 0.174. The smallest absolute Gasteiger partial charge is 0.407 e. The van der Waals surface area contributed by atoms with Gasteiger partial charge in [0.1, 0.15) is 5.60 Å². The summed E-state index contributed by atoms with van der Waals surface area (Å²) in [6.45, 7) is 5.54. The Morgan fingerprint density at radius 1 is 1.08 bits per heavy atom. The summed E-state index contributed by atoms with van der Waals surface area (Å²) in [5.41, 5.74) is 5.20. The van der Waals surface area contributed by atoms with E-state index in [0.29, 0.717) is 30.7 Å². The quantitative estimate of drug-likeness (QED) is 0.809. The Kier molecular flexibility index (Phi) is 8.72. The fourth-order valence-electron chi connectivity index (χ4n) is 3.42. The van der Waals surface area contributed by atoms with Gasteiger partial charge < -0.3 is 15.8 Å². The molecule has 0 aromatic rings. The fraction of sp³-hybridized carbons (Fsp3) is 0.842. The Hall–Kier alpha value is -1.79. The predicted molar refractivity (Wildman–Crippen MR) is 96.3 cm³/mol. The van der Waals surface area contributed by atoms with Crippen LogP contribution < -0.4 is 11.1 Å². The molecule has 4 atom stereocenters. The van der Waals surface area contributed by atoms with Gasteiger partial charge in [0.2, 0.25) is 0 Å². The molecule has 0 radical (unpaired) electrons. The molecule has 2 aliphatic rings. The Balaban J connectivity index is 0.000000293. The van der Waals surface area contributed by atoms with Crippen molar-refractivity contribution in [3.8, 4) is 12.1 Å². The fourth-order valence-corrected chi connectivity index (χ4v) is 3.42. The van der Waals surface area contributed by atoms with Crippen LogP contribution in [-0.4, -0.2) is 23.8 Å². The second-order valence-electron chi connectivity index (χ2n) is 8.19. The van der Waals surface area contributed by atoms with E-state index in [4.69, 9.17) is 21.0 Å². The van der Waals surface area contributed by atoms with Crippen molar-refractivity contribution < 1.29 is 9.53 Å². The van der Waals surface area contributed by atoms with Crippen LogP contribution in [0.1, 0.15) is 72.1 Å². The van der Waals surface area contributed by atoms with Crippen molar-refractivity contribution >= 4 is 6.09 Å². The van der Waals surface area contributed by atoms with Crippen LogP contribution in [0.5, 0.6) is 0 Å². The van der Waals surface area contributed by atoms with E-state index in [1.54, 1.807) is 0 Å². The van der Waals surface area contributed by atoms with E-state index in [1.165, 1.54) is 0 Å². The number of nitrogens with zero attached hydrogens (tertiary/aromatic N) is 2. The molecule has 140 valence electrons. The second kappa shape index (κ2) is 10.3. The van der Waals surface area contributed by atoms with Gasteiger partial charge in [0.05, 0.1) is 12.1 Å². The molecule has 3 N–H and O–H groups in total. The van der Waals surface area contributed by atoms with Crippen LogP contribution in [0.4, 0.5) is 4.79 Å². The van der Waals surface area contributed by atoms with Gasteiger partial charge in [0.15, 0.2) is 0 Å². The molecule has 2 saturated carbocycles. The molecule has 0 heterocycles. The number of carbonyl (C=O) groups is 1. The number of hydrogen-bond donors (Lipinski definition) is 2. The van der Waals surface area contributed by atoms with E-state index < -0.39 is 5.60 Å². The average Bonchev–Trinajstić information content (AvgIpc) is 3.08. The van der Waals surface area contributed by atoms with E-state index in [9.17, 15) is 4.79 Å². The summed E-state index contributed by atoms with van der Waals surface area (Å²) in [7, 11) is 0. The topological polar surface area (TPSA) is 112 Å². The zero-order valence-electron chi connectivity index (χ0n) is 15.8. The molecule has 1 amide bonds. The van der Waals surface area contributed by atoms with Crippen LogP contribution in [0.25, 0.3) is 0 Å². The van der Waals surface area contributed by atoms with Crippen molar-refractivity contribution in [3.05, 3.63) is 0 Å². The summed E-state index contributed by atoms with van der Waals surface area (Å²) >= 11 is 0. The van der Waals surface area contributed by atoms with Crippen molar-refractivity contribution in [1.29, 1.82) is 10.5 Å². The lowest BCUT2D eigenvalue weighted by Gasteiger charge is -2.21. The first-order valence-electron chi connectivity index (χ1n) is 9.22. The van der Waals surface area contributed by atoms with Crippen LogP contribution >= 0.6 is 0 Å². The highest BCUT2D eigenvalue weighted by atomic mass is 16.6. The van der Waals surface area contributed by atoms with Crippen LogP contribution in [-0.2, 0) is 4.74 Å². The van der Waals surface area contributed by atoms with E-state index >= 15 is 0 Å². The maximum absolute atomic E-state index is 11.5. The number of amides is 1. The third-order valence-corrected chi connectivity index (χ3v) is 4.60. The van der Waals surface area contributed by atoms with Crippen LogP contribution in [0.2, 0.25) is 0 Å². The highest BCUT2D eigenvalue weighted by Crippen LogP contribution is 2.28. The molecule has 6 nitrogen and oxygen atoms in total. The standard InChI is InChI=1S/C12H20N2O2.C7H12N2/c1-12(2,3)16-11(15)14-10-5-4-9(8-10)6-7-13;8-4-3-6-1-2-7(9)5-6/h9-10H,4-6,8H2,1-3H3,(H,14,15);6-7H,1-3,5,9H2/t9-,10-;6-,7-/m00/s1. The summed E-state index contributed by atoms with van der Waals surface area (Å²) in [6, 6.07) is 4.90. The number of nitrogens with two attached hydrogens (primary N) is 1. The first-order chi connectivity index (χ1) is 11.7. The van der Waals surface area contributed by atoms with E-state index in [1.807, 2.05) is 20.8 Å². The molecule has 25 heavy (non-hydrogen) atoms. The van der Waals surface area contributed by atoms with Gasteiger partial charge in [-0.25, -0.2) is 4.79 Å². The van der Waals surface area contributed by atoms with E-state index in [0.717, 1.165) is 38.5 Å². The maximum Gasteiger partial charge on any atom is 0.407 e. The van der Waals surface area contributed by atoms with Gasteiger partial charge in [0, 0.05) is 24.9 Å². The number of ether oxygens (including phenoxy) is 1. The van der Waals surface area contributed by atoms with Crippen molar-refractivity contribution in [2.45, 2.75) is 89.8 Å². The first kappa shape index (κ1) is 21.3. The monoisotopic (exact) mass is 348 g/mol. The van der Waals surface area contributed by atoms with Crippen molar-refractivity contribution in [2.75, 3.05) is 0 Å². The van der Waals surface area contributed by atoms with Crippen molar-refractivity contribution in [3.63, 3.8) is 0 Å². The van der Waals surface area contributed by atoms with Crippen LogP contribution in [0.15, 0.2) is 0 Å². The second-order valence-corrected chi connectivity index (χ2v) is 8.19. The van der Waals surface area contributed by atoms with Crippen LogP contribution in [0.3, 0.4) is 0 Å². The highest BCUT2D eigenvalue weighted by Gasteiger charge is 2.27. The lowest BCUT2D eigenvalue weighted by Crippen LogP contribution is -2.37. The first-order valence-corrected chi connectivity index (χ1v) is 9.22. The maximum atomic E-state index is 11.5. The summed E-state index contributed by atoms with van der Waals surface area (Å²) in [5.74, 6) is 1.04. The van der Waals surface area contributed by atoms with Gasteiger partial charge >= 0.3 is 6.09 Å². The molecule has 2 aliphatic carbocycles. The zero-order chi connectivity index (χ0) is 18.9. The molecule has 0 aromatic heterocycles. The SMILES string of the molecule is CC(C)(C)OC(=O)N[C@H]1CC[C@@H](CC#N)C1.N#CC[C@@H]1CC[C@H](N)C1.